The van der Waals surface area contributed by atoms with Crippen molar-refractivity contribution in [2.45, 2.75) is 0 Å². The molecule has 1 aromatic carbocycles. The molecule has 2 aromatic rings. The maximum atomic E-state index is 6.04. The fourth-order valence-electron chi connectivity index (χ4n) is 1.19. The Kier molecular flexibility index (Phi) is 2.89. The van der Waals surface area contributed by atoms with Crippen LogP contribution in [0.1, 0.15) is 0 Å². The molecule has 0 N–H and O–H groups in total. The van der Waals surface area contributed by atoms with Crippen LogP contribution in [0.2, 0.25) is 15.1 Å². The van der Waals surface area contributed by atoms with Gasteiger partial charge in [0.2, 0.25) is 0 Å². The Hall–Kier alpha value is -0.0200. The van der Waals surface area contributed by atoms with E-state index in [1.807, 2.05) is 0 Å². The second-order valence-electron chi connectivity index (χ2n) is 2.67. The van der Waals surface area contributed by atoms with Crippen molar-refractivity contribution in [3.8, 4) is 0 Å². The van der Waals surface area contributed by atoms with Crippen molar-refractivity contribution in [2.75, 3.05) is 0 Å². The maximum absolute atomic E-state index is 6.04. The van der Waals surface area contributed by atoms with Gasteiger partial charge in [-0.15, -0.1) is 0 Å². The van der Waals surface area contributed by atoms with E-state index < -0.39 is 0 Å². The smallest absolute Gasteiger partial charge is 0.0915 e. The van der Waals surface area contributed by atoms with Crippen molar-refractivity contribution in [1.82, 2.24) is 4.98 Å². The summed E-state index contributed by atoms with van der Waals surface area (Å²) in [6.07, 6.45) is 1.66. The van der Waals surface area contributed by atoms with Gasteiger partial charge in [-0.3, -0.25) is 4.98 Å². The average Bonchev–Trinajstić information content (AvgIpc) is 2.14. The highest BCUT2D eigenvalue weighted by atomic mass is 79.9. The molecule has 0 amide bonds. The Balaban J connectivity index is 3.03. The van der Waals surface area contributed by atoms with Crippen LogP contribution < -0.4 is 0 Å². The van der Waals surface area contributed by atoms with Crippen LogP contribution in [0.15, 0.2) is 22.8 Å². The molecule has 0 atom stereocenters. The third kappa shape index (κ3) is 1.61. The number of hydrogen-bond acceptors (Lipinski definition) is 1. The first-order chi connectivity index (χ1) is 6.61. The zero-order valence-corrected chi connectivity index (χ0v) is 10.5. The Morgan fingerprint density at radius 3 is 2.57 bits per heavy atom. The first kappa shape index (κ1) is 10.5. The number of nitrogens with zero attached hydrogens (tertiary/aromatic N) is 1. The zero-order chi connectivity index (χ0) is 10.3. The second-order valence-corrected chi connectivity index (χ2v) is 4.72. The van der Waals surface area contributed by atoms with Crippen LogP contribution >= 0.6 is 50.7 Å². The summed E-state index contributed by atoms with van der Waals surface area (Å²) < 4.78 is 0.830. The number of fused-ring (bicyclic) bond motifs is 1. The van der Waals surface area contributed by atoms with Gasteiger partial charge in [-0.05, 0) is 28.1 Å². The molecule has 14 heavy (non-hydrogen) atoms. The normalized spacial score (nSPS) is 10.9. The minimum Gasteiger partial charge on any atom is -0.255 e. The van der Waals surface area contributed by atoms with Crippen molar-refractivity contribution >= 4 is 61.6 Å². The molecule has 0 aliphatic carbocycles. The molecule has 0 radical (unpaired) electrons. The van der Waals surface area contributed by atoms with Crippen LogP contribution in [0.3, 0.4) is 0 Å². The lowest BCUT2D eigenvalue weighted by Crippen LogP contribution is -1.83. The van der Waals surface area contributed by atoms with E-state index in [0.29, 0.717) is 20.6 Å². The van der Waals surface area contributed by atoms with Crippen molar-refractivity contribution in [2.24, 2.45) is 0 Å². The molecule has 1 nitrogen and oxygen atoms in total. The molecule has 1 aromatic heterocycles. The summed E-state index contributed by atoms with van der Waals surface area (Å²) in [6, 6.07) is 3.38. The predicted molar refractivity (Wildman–Crippen MR) is 64.5 cm³/mol. The third-order valence-corrected chi connectivity index (χ3v) is 3.55. The Bertz CT molecular complexity index is 513. The molecule has 0 aliphatic rings. The Morgan fingerprint density at radius 1 is 1.14 bits per heavy atom. The van der Waals surface area contributed by atoms with E-state index in [2.05, 4.69) is 20.9 Å². The molecule has 1 heterocycles. The van der Waals surface area contributed by atoms with Gasteiger partial charge in [-0.25, -0.2) is 0 Å². The number of halogens is 4. The third-order valence-electron chi connectivity index (χ3n) is 1.81. The first-order valence-electron chi connectivity index (χ1n) is 3.69. The van der Waals surface area contributed by atoms with Gasteiger partial charge in [-0.1, -0.05) is 34.8 Å². The highest BCUT2D eigenvalue weighted by molar-refractivity contribution is 9.10. The predicted octanol–water partition coefficient (Wildman–Crippen LogP) is 4.96. The maximum Gasteiger partial charge on any atom is 0.0915 e. The number of benzene rings is 1. The molecule has 2 rings (SSSR count). The Morgan fingerprint density at radius 2 is 1.86 bits per heavy atom. The minimum absolute atomic E-state index is 0.429. The summed E-state index contributed by atoms with van der Waals surface area (Å²) in [6.45, 7) is 0. The lowest BCUT2D eigenvalue weighted by Gasteiger charge is -2.05. The van der Waals surface area contributed by atoms with Crippen LogP contribution in [0, 0.1) is 0 Å². The van der Waals surface area contributed by atoms with E-state index in [-0.39, 0.29) is 0 Å². The number of hydrogen-bond donors (Lipinski definition) is 0. The minimum atomic E-state index is 0.429. The van der Waals surface area contributed by atoms with Gasteiger partial charge in [-0.2, -0.15) is 0 Å². The molecule has 0 spiro atoms. The summed E-state index contributed by atoms with van der Waals surface area (Å²) in [5.74, 6) is 0. The number of aromatic nitrogens is 1. The molecule has 72 valence electrons. The van der Waals surface area contributed by atoms with Crippen molar-refractivity contribution in [3.05, 3.63) is 37.9 Å². The zero-order valence-electron chi connectivity index (χ0n) is 6.69. The molecule has 0 saturated heterocycles. The van der Waals surface area contributed by atoms with Crippen LogP contribution in [0.5, 0.6) is 0 Å². The van der Waals surface area contributed by atoms with Gasteiger partial charge in [0.05, 0.1) is 20.6 Å². The molecule has 0 fully saturated rings. The molecular formula is C9H3BrCl3N. The summed E-state index contributed by atoms with van der Waals surface area (Å²) in [5.41, 5.74) is 0.649. The van der Waals surface area contributed by atoms with E-state index in [1.165, 1.54) is 0 Å². The summed E-state index contributed by atoms with van der Waals surface area (Å²) in [4.78, 5) is 4.14. The van der Waals surface area contributed by atoms with Gasteiger partial charge in [0.25, 0.3) is 0 Å². The molecule has 5 heteroatoms. The first-order valence-corrected chi connectivity index (χ1v) is 5.61. The molecule has 0 unspecified atom stereocenters. The standard InChI is InChI=1S/C9H3BrCl3N/c10-4-1-2-14-9-6(12)3-5(11)8(13)7(4)9/h1-3H. The van der Waals surface area contributed by atoms with Gasteiger partial charge in [0.1, 0.15) is 0 Å². The topological polar surface area (TPSA) is 12.9 Å². The van der Waals surface area contributed by atoms with Crippen LogP contribution in [-0.2, 0) is 0 Å². The quantitative estimate of drug-likeness (QED) is 0.627. The van der Waals surface area contributed by atoms with Gasteiger partial charge in [0, 0.05) is 16.1 Å². The SMILES string of the molecule is Clc1cc(Cl)c2nccc(Br)c2c1Cl. The fourth-order valence-corrected chi connectivity index (χ4v) is 2.57. The lowest BCUT2D eigenvalue weighted by atomic mass is 10.2. The lowest BCUT2D eigenvalue weighted by molar-refractivity contribution is 1.40. The molecule has 0 saturated carbocycles. The van der Waals surface area contributed by atoms with Crippen LogP contribution in [0.25, 0.3) is 10.9 Å². The van der Waals surface area contributed by atoms with E-state index >= 15 is 0 Å². The molecule has 0 bridgehead atoms. The van der Waals surface area contributed by atoms with Crippen molar-refractivity contribution in [3.63, 3.8) is 0 Å². The monoisotopic (exact) mass is 309 g/mol. The summed E-state index contributed by atoms with van der Waals surface area (Å²) in [5, 5.41) is 2.13. The van der Waals surface area contributed by atoms with Crippen molar-refractivity contribution < 1.29 is 0 Å². The van der Waals surface area contributed by atoms with Gasteiger partial charge in [0.15, 0.2) is 0 Å². The van der Waals surface area contributed by atoms with Gasteiger partial charge < -0.3 is 0 Å². The van der Waals surface area contributed by atoms with Crippen LogP contribution in [-0.4, -0.2) is 4.98 Å². The van der Waals surface area contributed by atoms with Crippen molar-refractivity contribution in [1.29, 1.82) is 0 Å². The van der Waals surface area contributed by atoms with E-state index in [9.17, 15) is 0 Å². The highest BCUT2D eigenvalue weighted by Crippen LogP contribution is 2.38. The summed E-state index contributed by atoms with van der Waals surface area (Å²) >= 11 is 21.3. The Labute approximate surface area is 104 Å². The molecule has 0 aliphatic heterocycles. The number of rotatable bonds is 0. The van der Waals surface area contributed by atoms with E-state index in [1.54, 1.807) is 18.3 Å². The molecular weight excluding hydrogens is 308 g/mol. The second kappa shape index (κ2) is 3.86. The van der Waals surface area contributed by atoms with Gasteiger partial charge >= 0.3 is 0 Å². The summed E-state index contributed by atoms with van der Waals surface area (Å²) in [7, 11) is 0. The average molecular weight is 311 g/mol. The van der Waals surface area contributed by atoms with Crippen LogP contribution in [0.4, 0.5) is 0 Å². The fraction of sp³-hybridized carbons (Fsp3) is 0. The number of pyridine rings is 1. The largest absolute Gasteiger partial charge is 0.255 e. The van der Waals surface area contributed by atoms with E-state index in [4.69, 9.17) is 34.8 Å². The highest BCUT2D eigenvalue weighted by Gasteiger charge is 2.11. The van der Waals surface area contributed by atoms with E-state index in [0.717, 1.165) is 9.86 Å².